The lowest BCUT2D eigenvalue weighted by Gasteiger charge is -2.26. The van der Waals surface area contributed by atoms with Crippen molar-refractivity contribution in [3.63, 3.8) is 0 Å². The third-order valence-corrected chi connectivity index (χ3v) is 4.50. The fourth-order valence-electron chi connectivity index (χ4n) is 2.22. The molecular weight excluding hydrogens is 280 g/mol. The molecule has 0 aromatic heterocycles. The molecule has 1 atom stereocenters. The lowest BCUT2D eigenvalue weighted by atomic mass is 9.87. The van der Waals surface area contributed by atoms with Crippen molar-refractivity contribution in [2.24, 2.45) is 5.92 Å². The number of carbonyl (C=O) groups excluding carboxylic acids is 2. The SMILES string of the molecule is CC1CCC(NC(=O)CSCC(NC=O)C(=O)O)CC1. The third-order valence-electron chi connectivity index (χ3n) is 3.47. The lowest BCUT2D eigenvalue weighted by Crippen LogP contribution is -2.40. The van der Waals surface area contributed by atoms with E-state index >= 15 is 0 Å². The van der Waals surface area contributed by atoms with Gasteiger partial charge in [-0.3, -0.25) is 9.59 Å². The first-order valence-corrected chi connectivity index (χ1v) is 7.98. The maximum absolute atomic E-state index is 11.7. The van der Waals surface area contributed by atoms with Crippen molar-refractivity contribution >= 4 is 30.0 Å². The molecule has 0 aromatic rings. The molecule has 2 amide bonds. The van der Waals surface area contributed by atoms with Gasteiger partial charge < -0.3 is 15.7 Å². The average molecular weight is 302 g/mol. The highest BCUT2D eigenvalue weighted by Gasteiger charge is 2.20. The second kappa shape index (κ2) is 8.84. The van der Waals surface area contributed by atoms with E-state index in [-0.39, 0.29) is 23.5 Å². The number of hydrogen-bond acceptors (Lipinski definition) is 4. The summed E-state index contributed by atoms with van der Waals surface area (Å²) in [6, 6.07) is -0.691. The van der Waals surface area contributed by atoms with E-state index in [2.05, 4.69) is 17.6 Å². The molecule has 1 unspecified atom stereocenters. The van der Waals surface area contributed by atoms with Gasteiger partial charge in [0.1, 0.15) is 6.04 Å². The van der Waals surface area contributed by atoms with Crippen LogP contribution in [0, 0.1) is 5.92 Å². The number of carboxylic acids is 1. The van der Waals surface area contributed by atoms with Gasteiger partial charge in [-0.2, -0.15) is 0 Å². The van der Waals surface area contributed by atoms with Crippen LogP contribution in [0.5, 0.6) is 0 Å². The number of thioether (sulfide) groups is 1. The smallest absolute Gasteiger partial charge is 0.327 e. The van der Waals surface area contributed by atoms with Crippen LogP contribution in [0.25, 0.3) is 0 Å². The number of amides is 2. The summed E-state index contributed by atoms with van der Waals surface area (Å²) in [6.07, 6.45) is 4.68. The minimum Gasteiger partial charge on any atom is -0.480 e. The summed E-state index contributed by atoms with van der Waals surface area (Å²) >= 11 is 1.21. The molecule has 0 heterocycles. The molecule has 0 aliphatic heterocycles. The van der Waals surface area contributed by atoms with Crippen LogP contribution in [0.4, 0.5) is 0 Å². The summed E-state index contributed by atoms with van der Waals surface area (Å²) in [5, 5.41) is 14.0. The summed E-state index contributed by atoms with van der Waals surface area (Å²) < 4.78 is 0. The molecule has 6 nitrogen and oxygen atoms in total. The minimum atomic E-state index is -1.09. The summed E-state index contributed by atoms with van der Waals surface area (Å²) in [6.45, 7) is 2.22. The Labute approximate surface area is 123 Å². The first-order chi connectivity index (χ1) is 9.52. The van der Waals surface area contributed by atoms with Crippen LogP contribution < -0.4 is 10.6 Å². The zero-order chi connectivity index (χ0) is 15.0. The Balaban J connectivity index is 2.19. The predicted octanol–water partition coefficient (Wildman–Crippen LogP) is 0.614. The van der Waals surface area contributed by atoms with E-state index in [9.17, 15) is 14.4 Å². The van der Waals surface area contributed by atoms with Gasteiger partial charge in [0.05, 0.1) is 5.75 Å². The quantitative estimate of drug-likeness (QED) is 0.571. The van der Waals surface area contributed by atoms with Gasteiger partial charge in [0, 0.05) is 11.8 Å². The number of aliphatic carboxylic acids is 1. The first-order valence-electron chi connectivity index (χ1n) is 6.82. The van der Waals surface area contributed by atoms with E-state index in [0.29, 0.717) is 6.41 Å². The molecule has 1 aliphatic rings. The first kappa shape index (κ1) is 16.8. The zero-order valence-electron chi connectivity index (χ0n) is 11.6. The fourth-order valence-corrected chi connectivity index (χ4v) is 3.08. The fraction of sp³-hybridized carbons (Fsp3) is 0.769. The lowest BCUT2D eigenvalue weighted by molar-refractivity contribution is -0.139. The summed E-state index contributed by atoms with van der Waals surface area (Å²) in [5.74, 6) is -0.0149. The zero-order valence-corrected chi connectivity index (χ0v) is 12.4. The average Bonchev–Trinajstić information content (AvgIpc) is 2.40. The molecule has 0 saturated heterocycles. The van der Waals surface area contributed by atoms with Crippen molar-refractivity contribution in [1.29, 1.82) is 0 Å². The maximum Gasteiger partial charge on any atom is 0.327 e. The van der Waals surface area contributed by atoms with Gasteiger partial charge in [0.25, 0.3) is 0 Å². The number of rotatable bonds is 8. The second-order valence-electron chi connectivity index (χ2n) is 5.21. The molecule has 1 saturated carbocycles. The van der Waals surface area contributed by atoms with Crippen LogP contribution in [0.3, 0.4) is 0 Å². The van der Waals surface area contributed by atoms with Crippen LogP contribution in [0.2, 0.25) is 0 Å². The molecule has 0 bridgehead atoms. The third kappa shape index (κ3) is 6.27. The molecule has 1 rings (SSSR count). The normalized spacial score (nSPS) is 23.6. The molecule has 0 aromatic carbocycles. The van der Waals surface area contributed by atoms with Gasteiger partial charge in [0.15, 0.2) is 0 Å². The highest BCUT2D eigenvalue weighted by Crippen LogP contribution is 2.23. The molecule has 1 fully saturated rings. The van der Waals surface area contributed by atoms with Crippen molar-refractivity contribution < 1.29 is 19.5 Å². The molecule has 0 spiro atoms. The molecule has 7 heteroatoms. The van der Waals surface area contributed by atoms with Gasteiger partial charge in [0.2, 0.25) is 12.3 Å². The van der Waals surface area contributed by atoms with E-state index in [1.807, 2.05) is 0 Å². The van der Waals surface area contributed by atoms with Gasteiger partial charge in [-0.1, -0.05) is 6.92 Å². The highest BCUT2D eigenvalue weighted by molar-refractivity contribution is 8.00. The van der Waals surface area contributed by atoms with E-state index in [0.717, 1.165) is 31.6 Å². The monoisotopic (exact) mass is 302 g/mol. The van der Waals surface area contributed by atoms with E-state index in [1.165, 1.54) is 11.8 Å². The number of nitrogens with one attached hydrogen (secondary N) is 2. The van der Waals surface area contributed by atoms with Crippen molar-refractivity contribution in [2.75, 3.05) is 11.5 Å². The Hall–Kier alpha value is -1.24. The Morgan fingerprint density at radius 1 is 1.35 bits per heavy atom. The molecular formula is C13H22N2O4S. The largest absolute Gasteiger partial charge is 0.480 e. The summed E-state index contributed by atoms with van der Waals surface area (Å²) in [4.78, 5) is 32.8. The Morgan fingerprint density at radius 3 is 2.55 bits per heavy atom. The standard InChI is InChI=1S/C13H22N2O4S/c1-9-2-4-10(5-3-9)15-12(17)7-20-6-11(13(18)19)14-8-16/h8-11H,2-7H2,1H3,(H,14,16)(H,15,17)(H,18,19). The predicted molar refractivity (Wildman–Crippen MR) is 77.5 cm³/mol. The van der Waals surface area contributed by atoms with Gasteiger partial charge >= 0.3 is 5.97 Å². The van der Waals surface area contributed by atoms with Gasteiger partial charge in [-0.15, -0.1) is 11.8 Å². The van der Waals surface area contributed by atoms with Crippen molar-refractivity contribution in [1.82, 2.24) is 10.6 Å². The topological polar surface area (TPSA) is 95.5 Å². The molecule has 3 N–H and O–H groups in total. The summed E-state index contributed by atoms with van der Waals surface area (Å²) in [5.41, 5.74) is 0. The van der Waals surface area contributed by atoms with Crippen molar-refractivity contribution in [3.8, 4) is 0 Å². The molecule has 1 aliphatic carbocycles. The van der Waals surface area contributed by atoms with E-state index < -0.39 is 12.0 Å². The summed E-state index contributed by atoms with van der Waals surface area (Å²) in [7, 11) is 0. The minimum absolute atomic E-state index is 0.0650. The number of hydrogen-bond donors (Lipinski definition) is 3. The molecule has 0 radical (unpaired) electrons. The Bertz CT molecular complexity index is 343. The van der Waals surface area contributed by atoms with Crippen molar-refractivity contribution in [3.05, 3.63) is 0 Å². The Kier molecular flexibility index (Phi) is 7.43. The van der Waals surface area contributed by atoms with Gasteiger partial charge in [-0.05, 0) is 31.6 Å². The van der Waals surface area contributed by atoms with Crippen LogP contribution in [-0.2, 0) is 14.4 Å². The molecule has 114 valence electrons. The van der Waals surface area contributed by atoms with Crippen LogP contribution in [0.1, 0.15) is 32.6 Å². The second-order valence-corrected chi connectivity index (χ2v) is 6.25. The van der Waals surface area contributed by atoms with Crippen molar-refractivity contribution in [2.45, 2.75) is 44.7 Å². The van der Waals surface area contributed by atoms with Crippen LogP contribution in [0.15, 0.2) is 0 Å². The van der Waals surface area contributed by atoms with Crippen LogP contribution in [-0.4, -0.2) is 47.0 Å². The highest BCUT2D eigenvalue weighted by atomic mass is 32.2. The van der Waals surface area contributed by atoms with E-state index in [1.54, 1.807) is 0 Å². The molecule has 20 heavy (non-hydrogen) atoms. The number of carboxylic acid groups (broad SMARTS) is 1. The maximum atomic E-state index is 11.7. The van der Waals surface area contributed by atoms with Crippen LogP contribution >= 0.6 is 11.8 Å². The Morgan fingerprint density at radius 2 is 2.00 bits per heavy atom. The van der Waals surface area contributed by atoms with E-state index in [4.69, 9.17) is 5.11 Å². The van der Waals surface area contributed by atoms with Gasteiger partial charge in [-0.25, -0.2) is 4.79 Å². The number of carbonyl (C=O) groups is 3.